The molecule has 0 radical (unpaired) electrons. The zero-order valence-electron chi connectivity index (χ0n) is 19.4. The number of fused-ring (bicyclic) bond motifs is 1. The van der Waals surface area contributed by atoms with Gasteiger partial charge in [0, 0.05) is 35.0 Å². The summed E-state index contributed by atoms with van der Waals surface area (Å²) in [5.41, 5.74) is 4.17. The Morgan fingerprint density at radius 2 is 1.91 bits per heavy atom. The summed E-state index contributed by atoms with van der Waals surface area (Å²) in [5.74, 6) is -0.252. The van der Waals surface area contributed by atoms with Gasteiger partial charge in [-0.05, 0) is 63.2 Å². The number of methoxy groups -OCH3 is 1. The SMILES string of the molecule is CCN1c2cc(OC)c(/C=C3/SC(=O)N(Cc4ccccc4F)C3=O)cc2C(C)=CC1(C)C. The largest absolute Gasteiger partial charge is 0.496 e. The molecule has 2 amide bonds. The minimum Gasteiger partial charge on any atom is -0.496 e. The van der Waals surface area contributed by atoms with E-state index in [1.54, 1.807) is 31.4 Å². The van der Waals surface area contributed by atoms with E-state index in [9.17, 15) is 14.0 Å². The molecule has 2 aliphatic heterocycles. The quantitative estimate of drug-likeness (QED) is 0.499. The van der Waals surface area contributed by atoms with Gasteiger partial charge in [-0.25, -0.2) is 4.39 Å². The minimum atomic E-state index is -0.442. The second-order valence-corrected chi connectivity index (χ2v) is 9.69. The molecule has 0 spiro atoms. The number of halogens is 1. The van der Waals surface area contributed by atoms with E-state index in [2.05, 4.69) is 38.7 Å². The molecule has 2 heterocycles. The topological polar surface area (TPSA) is 49.9 Å². The van der Waals surface area contributed by atoms with Crippen LogP contribution in [0.2, 0.25) is 0 Å². The molecular formula is C26H27FN2O3S. The molecule has 2 aromatic carbocycles. The van der Waals surface area contributed by atoms with Crippen LogP contribution in [0.1, 0.15) is 44.4 Å². The number of benzene rings is 2. The summed E-state index contributed by atoms with van der Waals surface area (Å²) in [6, 6.07) is 10.1. The van der Waals surface area contributed by atoms with Gasteiger partial charge in [0.05, 0.1) is 24.1 Å². The number of imide groups is 1. The number of anilines is 1. The Morgan fingerprint density at radius 1 is 1.18 bits per heavy atom. The number of allylic oxidation sites excluding steroid dienone is 1. The standard InChI is InChI=1S/C26H27FN2O3S/c1-6-29-21-13-22(32-5)18(11-19(21)16(2)14-26(29,3)4)12-23-24(30)28(25(31)33-23)15-17-9-7-8-10-20(17)27/h7-14H,6,15H2,1-5H3/b23-12+. The maximum Gasteiger partial charge on any atom is 0.293 e. The molecule has 0 saturated carbocycles. The fourth-order valence-corrected chi connectivity index (χ4v) is 5.39. The molecule has 2 aromatic rings. The van der Waals surface area contributed by atoms with Crippen LogP contribution < -0.4 is 9.64 Å². The van der Waals surface area contributed by atoms with Crippen LogP contribution >= 0.6 is 11.8 Å². The summed E-state index contributed by atoms with van der Waals surface area (Å²) in [6.45, 7) is 9.28. The summed E-state index contributed by atoms with van der Waals surface area (Å²) in [7, 11) is 1.59. The van der Waals surface area contributed by atoms with Crippen molar-refractivity contribution in [3.8, 4) is 5.75 Å². The molecule has 0 unspecified atom stereocenters. The van der Waals surface area contributed by atoms with E-state index < -0.39 is 17.0 Å². The number of nitrogens with zero attached hydrogens (tertiary/aromatic N) is 2. The van der Waals surface area contributed by atoms with Gasteiger partial charge in [0.2, 0.25) is 0 Å². The lowest BCUT2D eigenvalue weighted by atomic mass is 9.87. The number of carbonyl (C=O) groups is 2. The van der Waals surface area contributed by atoms with Crippen LogP contribution in [-0.2, 0) is 11.3 Å². The second kappa shape index (κ2) is 8.71. The summed E-state index contributed by atoms with van der Waals surface area (Å²) < 4.78 is 19.7. The number of likely N-dealkylation sites (N-methyl/N-ethyl adjacent to an activating group) is 1. The smallest absolute Gasteiger partial charge is 0.293 e. The van der Waals surface area contributed by atoms with Gasteiger partial charge in [-0.1, -0.05) is 24.3 Å². The van der Waals surface area contributed by atoms with Gasteiger partial charge in [0.15, 0.2) is 0 Å². The number of ether oxygens (including phenoxy) is 1. The van der Waals surface area contributed by atoms with Crippen molar-refractivity contribution in [1.82, 2.24) is 4.90 Å². The molecule has 1 fully saturated rings. The van der Waals surface area contributed by atoms with E-state index in [0.717, 1.165) is 45.6 Å². The molecule has 0 N–H and O–H groups in total. The van der Waals surface area contributed by atoms with Crippen LogP contribution in [-0.4, -0.2) is 35.2 Å². The van der Waals surface area contributed by atoms with Crippen molar-refractivity contribution in [2.75, 3.05) is 18.6 Å². The van der Waals surface area contributed by atoms with E-state index in [1.165, 1.54) is 6.07 Å². The van der Waals surface area contributed by atoms with Crippen molar-refractivity contribution in [1.29, 1.82) is 0 Å². The zero-order valence-corrected chi connectivity index (χ0v) is 20.3. The van der Waals surface area contributed by atoms with Crippen molar-refractivity contribution in [3.05, 3.63) is 69.9 Å². The maximum atomic E-state index is 14.1. The Bertz CT molecular complexity index is 1200. The van der Waals surface area contributed by atoms with Crippen molar-refractivity contribution < 1.29 is 18.7 Å². The highest BCUT2D eigenvalue weighted by Crippen LogP contribution is 2.43. The predicted molar refractivity (Wildman–Crippen MR) is 132 cm³/mol. The fraction of sp³-hybridized carbons (Fsp3) is 0.308. The number of hydrogen-bond donors (Lipinski definition) is 0. The first kappa shape index (κ1) is 23.1. The van der Waals surface area contributed by atoms with Crippen molar-refractivity contribution >= 4 is 40.2 Å². The number of rotatable bonds is 5. The molecule has 5 nitrogen and oxygen atoms in total. The highest BCUT2D eigenvalue weighted by atomic mass is 32.2. The molecule has 0 atom stereocenters. The van der Waals surface area contributed by atoms with Gasteiger partial charge in [-0.2, -0.15) is 0 Å². The van der Waals surface area contributed by atoms with Crippen molar-refractivity contribution in [2.24, 2.45) is 0 Å². The lowest BCUT2D eigenvalue weighted by Gasteiger charge is -2.43. The zero-order chi connectivity index (χ0) is 23.9. The molecule has 0 bridgehead atoms. The third kappa shape index (κ3) is 4.17. The molecule has 33 heavy (non-hydrogen) atoms. The molecule has 7 heteroatoms. The van der Waals surface area contributed by atoms with E-state index in [1.807, 2.05) is 12.1 Å². The highest BCUT2D eigenvalue weighted by molar-refractivity contribution is 8.18. The minimum absolute atomic E-state index is 0.0988. The normalized spacial score (nSPS) is 18.6. The van der Waals surface area contributed by atoms with E-state index >= 15 is 0 Å². The van der Waals surface area contributed by atoms with Gasteiger partial charge >= 0.3 is 0 Å². The van der Waals surface area contributed by atoms with Crippen molar-refractivity contribution in [2.45, 2.75) is 39.8 Å². The number of thioether (sulfide) groups is 1. The number of hydrogen-bond acceptors (Lipinski definition) is 5. The first-order chi connectivity index (χ1) is 15.7. The van der Waals surface area contributed by atoms with Gasteiger partial charge in [0.25, 0.3) is 11.1 Å². The Kier molecular flexibility index (Phi) is 6.10. The molecule has 0 aromatic heterocycles. The fourth-order valence-electron chi connectivity index (χ4n) is 4.56. The lowest BCUT2D eigenvalue weighted by molar-refractivity contribution is -0.123. The van der Waals surface area contributed by atoms with Crippen LogP contribution in [0.5, 0.6) is 5.75 Å². The lowest BCUT2D eigenvalue weighted by Crippen LogP contribution is -2.44. The van der Waals surface area contributed by atoms with Gasteiger partial charge in [-0.3, -0.25) is 14.5 Å². The van der Waals surface area contributed by atoms with Crippen LogP contribution in [0.3, 0.4) is 0 Å². The Labute approximate surface area is 197 Å². The van der Waals surface area contributed by atoms with Crippen LogP contribution in [0, 0.1) is 5.82 Å². The number of carbonyl (C=O) groups excluding carboxylic acids is 2. The Balaban J connectivity index is 1.71. The molecular weight excluding hydrogens is 439 g/mol. The maximum absolute atomic E-state index is 14.1. The van der Waals surface area contributed by atoms with E-state index in [4.69, 9.17) is 4.74 Å². The van der Waals surface area contributed by atoms with E-state index in [-0.39, 0.29) is 12.1 Å². The van der Waals surface area contributed by atoms with Gasteiger partial charge in [0.1, 0.15) is 11.6 Å². The van der Waals surface area contributed by atoms with Crippen LogP contribution in [0.4, 0.5) is 14.9 Å². The molecule has 4 rings (SSSR count). The monoisotopic (exact) mass is 466 g/mol. The Morgan fingerprint density at radius 3 is 2.58 bits per heavy atom. The first-order valence-corrected chi connectivity index (χ1v) is 11.7. The molecule has 0 aliphatic carbocycles. The second-order valence-electron chi connectivity index (χ2n) is 8.70. The van der Waals surface area contributed by atoms with Crippen LogP contribution in [0.15, 0.2) is 47.4 Å². The Hall–Kier alpha value is -3.06. The summed E-state index contributed by atoms with van der Waals surface area (Å²) >= 11 is 0.859. The first-order valence-electron chi connectivity index (χ1n) is 10.8. The summed E-state index contributed by atoms with van der Waals surface area (Å²) in [5, 5.41) is -0.415. The highest BCUT2D eigenvalue weighted by Gasteiger charge is 2.36. The number of amides is 2. The van der Waals surface area contributed by atoms with Gasteiger partial charge in [-0.15, -0.1) is 0 Å². The third-order valence-corrected chi connectivity index (χ3v) is 7.00. The molecule has 2 aliphatic rings. The summed E-state index contributed by atoms with van der Waals surface area (Å²) in [4.78, 5) is 29.2. The average molecular weight is 467 g/mol. The molecule has 1 saturated heterocycles. The van der Waals surface area contributed by atoms with E-state index in [0.29, 0.717) is 16.2 Å². The third-order valence-electron chi connectivity index (χ3n) is 6.09. The summed E-state index contributed by atoms with van der Waals surface area (Å²) in [6.07, 6.45) is 3.92. The van der Waals surface area contributed by atoms with Crippen LogP contribution in [0.25, 0.3) is 11.6 Å². The van der Waals surface area contributed by atoms with Gasteiger partial charge < -0.3 is 9.64 Å². The predicted octanol–water partition coefficient (Wildman–Crippen LogP) is 6.09. The van der Waals surface area contributed by atoms with Crippen molar-refractivity contribution in [3.63, 3.8) is 0 Å². The molecule has 172 valence electrons. The average Bonchev–Trinajstić information content (AvgIpc) is 3.02.